The molecule has 2 atom stereocenters. The zero-order valence-electron chi connectivity index (χ0n) is 12.3. The maximum Gasteiger partial charge on any atom is 0.319 e. The first kappa shape index (κ1) is 16.1. The number of β-amino-alcohol motifs (C(OH)–C–C–N with tert-alkyl or cyclic N) is 1. The zero-order chi connectivity index (χ0) is 16.7. The van der Waals surface area contributed by atoms with Gasteiger partial charge in [-0.1, -0.05) is 29.3 Å². The van der Waals surface area contributed by atoms with Crippen molar-refractivity contribution < 1.29 is 14.7 Å². The Hall–Kier alpha value is -1.76. The second kappa shape index (κ2) is 6.03. The summed E-state index contributed by atoms with van der Waals surface area (Å²) >= 11 is 12.0. The fraction of sp³-hybridized carbons (Fsp3) is 0.333. The molecule has 8 heteroatoms. The molecule has 122 valence electrons. The lowest BCUT2D eigenvalue weighted by Gasteiger charge is -2.25. The van der Waals surface area contributed by atoms with Crippen LogP contribution in [0.2, 0.25) is 10.0 Å². The molecule has 0 aliphatic carbocycles. The van der Waals surface area contributed by atoms with Crippen molar-refractivity contribution >= 4 is 35.1 Å². The molecule has 1 aromatic rings. The highest BCUT2D eigenvalue weighted by Crippen LogP contribution is 2.34. The summed E-state index contributed by atoms with van der Waals surface area (Å²) in [5, 5.41) is 15.7. The van der Waals surface area contributed by atoms with Crippen LogP contribution in [0.4, 0.5) is 4.79 Å². The number of hydrogen-bond donors (Lipinski definition) is 3. The first-order chi connectivity index (χ1) is 10.9. The number of halogens is 2. The van der Waals surface area contributed by atoms with Crippen molar-refractivity contribution in [2.75, 3.05) is 13.1 Å². The third kappa shape index (κ3) is 3.02. The van der Waals surface area contributed by atoms with Crippen molar-refractivity contribution in [1.82, 2.24) is 15.5 Å². The molecule has 0 saturated heterocycles. The van der Waals surface area contributed by atoms with Crippen LogP contribution in [-0.2, 0) is 4.79 Å². The molecule has 2 aliphatic heterocycles. The second-order valence-electron chi connectivity index (χ2n) is 5.63. The monoisotopic (exact) mass is 355 g/mol. The Morgan fingerprint density at radius 3 is 2.74 bits per heavy atom. The molecule has 1 aromatic carbocycles. The lowest BCUT2D eigenvalue weighted by Crippen LogP contribution is -2.44. The van der Waals surface area contributed by atoms with Gasteiger partial charge in [0.05, 0.1) is 40.0 Å². The van der Waals surface area contributed by atoms with Crippen LogP contribution < -0.4 is 10.6 Å². The molecule has 3 amide bonds. The Kier molecular flexibility index (Phi) is 4.23. The first-order valence-electron chi connectivity index (χ1n) is 7.09. The van der Waals surface area contributed by atoms with Gasteiger partial charge < -0.3 is 20.6 Å². The second-order valence-corrected chi connectivity index (χ2v) is 6.45. The van der Waals surface area contributed by atoms with E-state index in [1.807, 2.05) is 0 Å². The molecule has 0 saturated carbocycles. The minimum Gasteiger partial charge on any atom is -0.392 e. The number of rotatable bonds is 3. The lowest BCUT2D eigenvalue weighted by atomic mass is 9.96. The summed E-state index contributed by atoms with van der Waals surface area (Å²) < 4.78 is 0. The van der Waals surface area contributed by atoms with Crippen molar-refractivity contribution in [2.24, 2.45) is 0 Å². The predicted octanol–water partition coefficient (Wildman–Crippen LogP) is 1.82. The molecule has 2 unspecified atom stereocenters. The fourth-order valence-corrected chi connectivity index (χ4v) is 3.14. The Morgan fingerprint density at radius 1 is 1.35 bits per heavy atom. The number of aliphatic hydroxyl groups excluding tert-OH is 1. The molecule has 0 radical (unpaired) electrons. The summed E-state index contributed by atoms with van der Waals surface area (Å²) in [6, 6.07) is 4.00. The van der Waals surface area contributed by atoms with E-state index in [9.17, 15) is 14.7 Å². The van der Waals surface area contributed by atoms with Crippen LogP contribution in [0, 0.1) is 0 Å². The van der Waals surface area contributed by atoms with Gasteiger partial charge in [0.25, 0.3) is 5.91 Å². The number of carbonyl (C=O) groups excluding carboxylic acids is 2. The molecule has 0 spiro atoms. The highest BCUT2D eigenvalue weighted by Gasteiger charge is 2.40. The van der Waals surface area contributed by atoms with Gasteiger partial charge in [-0.25, -0.2) is 4.79 Å². The lowest BCUT2D eigenvalue weighted by molar-refractivity contribution is -0.126. The first-order valence-corrected chi connectivity index (χ1v) is 7.85. The minimum absolute atomic E-state index is 0.204. The molecule has 2 aliphatic rings. The topological polar surface area (TPSA) is 81.7 Å². The van der Waals surface area contributed by atoms with E-state index in [-0.39, 0.29) is 25.0 Å². The molecule has 23 heavy (non-hydrogen) atoms. The number of urea groups is 1. The van der Waals surface area contributed by atoms with Gasteiger partial charge in [0.1, 0.15) is 0 Å². The molecule has 0 aromatic heterocycles. The van der Waals surface area contributed by atoms with E-state index in [1.165, 1.54) is 4.90 Å². The van der Waals surface area contributed by atoms with Gasteiger partial charge in [0.2, 0.25) is 0 Å². The third-order valence-electron chi connectivity index (χ3n) is 3.78. The molecular formula is C15H15Cl2N3O3. The smallest absolute Gasteiger partial charge is 0.319 e. The Bertz CT molecular complexity index is 718. The average molecular weight is 356 g/mol. The summed E-state index contributed by atoms with van der Waals surface area (Å²) in [6.45, 7) is 2.08. The van der Waals surface area contributed by atoms with Gasteiger partial charge in [-0.15, -0.1) is 0 Å². The fourth-order valence-electron chi connectivity index (χ4n) is 2.84. The van der Waals surface area contributed by atoms with Crippen LogP contribution in [0.25, 0.3) is 0 Å². The average Bonchev–Trinajstić information content (AvgIpc) is 2.76. The number of carbonyl (C=O) groups is 2. The summed E-state index contributed by atoms with van der Waals surface area (Å²) in [4.78, 5) is 26.0. The quantitative estimate of drug-likeness (QED) is 0.773. The van der Waals surface area contributed by atoms with Crippen molar-refractivity contribution in [3.05, 3.63) is 45.1 Å². The Balaban J connectivity index is 1.97. The van der Waals surface area contributed by atoms with Crippen LogP contribution in [0.1, 0.15) is 18.5 Å². The number of benzene rings is 1. The molecule has 0 fully saturated rings. The molecule has 3 rings (SSSR count). The Labute approximate surface area is 143 Å². The summed E-state index contributed by atoms with van der Waals surface area (Å²) in [5.41, 5.74) is 1.69. The number of nitrogens with zero attached hydrogens (tertiary/aromatic N) is 1. The SMILES string of the molecule is CC(O)CN1CC2=C(C1=O)C(c1ccc(Cl)c(Cl)c1)NC(=O)N2. The van der Waals surface area contributed by atoms with E-state index in [2.05, 4.69) is 10.6 Å². The number of nitrogens with one attached hydrogen (secondary N) is 2. The molecule has 3 N–H and O–H groups in total. The van der Waals surface area contributed by atoms with Gasteiger partial charge in [-0.3, -0.25) is 4.79 Å². The van der Waals surface area contributed by atoms with Crippen LogP contribution >= 0.6 is 23.2 Å². The van der Waals surface area contributed by atoms with Crippen molar-refractivity contribution in [3.8, 4) is 0 Å². The van der Waals surface area contributed by atoms with Crippen LogP contribution in [0.15, 0.2) is 29.5 Å². The van der Waals surface area contributed by atoms with E-state index >= 15 is 0 Å². The van der Waals surface area contributed by atoms with E-state index in [0.29, 0.717) is 26.9 Å². The summed E-state index contributed by atoms with van der Waals surface area (Å²) in [5.74, 6) is -0.218. The molecule has 0 bridgehead atoms. The van der Waals surface area contributed by atoms with E-state index < -0.39 is 12.1 Å². The van der Waals surface area contributed by atoms with Crippen molar-refractivity contribution in [1.29, 1.82) is 0 Å². The van der Waals surface area contributed by atoms with Gasteiger partial charge in [0.15, 0.2) is 0 Å². The van der Waals surface area contributed by atoms with Gasteiger partial charge in [-0.2, -0.15) is 0 Å². The molecule has 6 nitrogen and oxygen atoms in total. The predicted molar refractivity (Wildman–Crippen MR) is 86.2 cm³/mol. The minimum atomic E-state index is -0.646. The molecular weight excluding hydrogens is 341 g/mol. The number of aliphatic hydroxyl groups is 1. The van der Waals surface area contributed by atoms with E-state index in [1.54, 1.807) is 25.1 Å². The highest BCUT2D eigenvalue weighted by atomic mass is 35.5. The molecule has 2 heterocycles. The zero-order valence-corrected chi connectivity index (χ0v) is 13.8. The number of amides is 3. The van der Waals surface area contributed by atoms with Crippen molar-refractivity contribution in [3.63, 3.8) is 0 Å². The number of hydrogen-bond acceptors (Lipinski definition) is 3. The van der Waals surface area contributed by atoms with Gasteiger partial charge in [0, 0.05) is 6.54 Å². The van der Waals surface area contributed by atoms with Crippen LogP contribution in [0.3, 0.4) is 0 Å². The van der Waals surface area contributed by atoms with Crippen LogP contribution in [-0.4, -0.2) is 41.1 Å². The highest BCUT2D eigenvalue weighted by molar-refractivity contribution is 6.42. The normalized spacial score (nSPS) is 21.9. The maximum atomic E-state index is 12.6. The third-order valence-corrected chi connectivity index (χ3v) is 4.52. The van der Waals surface area contributed by atoms with Crippen molar-refractivity contribution in [2.45, 2.75) is 19.1 Å². The van der Waals surface area contributed by atoms with Gasteiger partial charge >= 0.3 is 6.03 Å². The van der Waals surface area contributed by atoms with Gasteiger partial charge in [-0.05, 0) is 24.6 Å². The summed E-state index contributed by atoms with van der Waals surface area (Å²) in [6.07, 6.45) is -0.646. The maximum absolute atomic E-state index is 12.6. The standard InChI is InChI=1S/C15H15Cl2N3O3/c1-7(21)5-20-6-11-12(14(20)22)13(19-15(23)18-11)8-2-3-9(16)10(17)4-8/h2-4,7,13,21H,5-6H2,1H3,(H2,18,19,23). The van der Waals surface area contributed by atoms with E-state index in [4.69, 9.17) is 23.2 Å². The van der Waals surface area contributed by atoms with E-state index in [0.717, 1.165) is 0 Å². The summed E-state index contributed by atoms with van der Waals surface area (Å²) in [7, 11) is 0. The largest absolute Gasteiger partial charge is 0.392 e. The Morgan fingerprint density at radius 2 is 2.09 bits per heavy atom. The van der Waals surface area contributed by atoms with Crippen LogP contribution in [0.5, 0.6) is 0 Å².